The minimum atomic E-state index is -1.26. The van der Waals surface area contributed by atoms with Crippen molar-refractivity contribution >= 4 is 28.7 Å². The minimum absolute atomic E-state index is 0.114. The van der Waals surface area contributed by atoms with E-state index in [0.717, 1.165) is 10.1 Å². The molecular weight excluding hydrogens is 466 g/mol. The molecule has 11 nitrogen and oxygen atoms in total. The third kappa shape index (κ3) is 5.09. The molecule has 4 aromatic rings. The third-order valence-electron chi connectivity index (χ3n) is 5.69. The van der Waals surface area contributed by atoms with Gasteiger partial charge in [0.25, 0.3) is 11.5 Å². The van der Waals surface area contributed by atoms with E-state index in [2.05, 4.69) is 20.6 Å². The Labute approximate surface area is 204 Å². The molecule has 0 spiro atoms. The van der Waals surface area contributed by atoms with Crippen LogP contribution < -0.4 is 26.6 Å². The molecule has 0 saturated heterocycles. The van der Waals surface area contributed by atoms with E-state index in [1.54, 1.807) is 32.2 Å². The topological polar surface area (TPSA) is 155 Å². The second-order valence-corrected chi connectivity index (χ2v) is 7.98. The summed E-state index contributed by atoms with van der Waals surface area (Å²) in [5.41, 5.74) is 0.780. The smallest absolute Gasteiger partial charge is 0.410 e. The van der Waals surface area contributed by atoms with Crippen LogP contribution in [-0.2, 0) is 6.54 Å². The van der Waals surface area contributed by atoms with Crippen LogP contribution >= 0.6 is 0 Å². The highest BCUT2D eigenvalue weighted by atomic mass is 16.5. The normalized spacial score (nSPS) is 11.6. The number of anilines is 1. The number of nitrogens with one attached hydrogen (secondary N) is 3. The van der Waals surface area contributed by atoms with Crippen LogP contribution in [0.2, 0.25) is 0 Å². The highest BCUT2D eigenvalue weighted by Gasteiger charge is 2.17. The van der Waals surface area contributed by atoms with Crippen LogP contribution in [0.5, 0.6) is 5.75 Å². The number of pyridine rings is 1. The van der Waals surface area contributed by atoms with Crippen LogP contribution in [0.4, 0.5) is 10.6 Å². The fraction of sp³-hybridized carbons (Fsp3) is 0.160. The predicted molar refractivity (Wildman–Crippen MR) is 133 cm³/mol. The highest BCUT2D eigenvalue weighted by molar-refractivity contribution is 5.97. The fourth-order valence-corrected chi connectivity index (χ4v) is 3.73. The van der Waals surface area contributed by atoms with E-state index >= 15 is 0 Å². The lowest BCUT2D eigenvalue weighted by Gasteiger charge is -2.15. The maximum atomic E-state index is 13.3. The van der Waals surface area contributed by atoms with Crippen molar-refractivity contribution in [3.05, 3.63) is 98.3 Å². The average molecular weight is 489 g/mol. The van der Waals surface area contributed by atoms with E-state index in [-0.39, 0.29) is 29.2 Å². The average Bonchev–Trinajstić information content (AvgIpc) is 2.87. The number of fused-ring (bicyclic) bond motifs is 1. The Kier molecular flexibility index (Phi) is 6.81. The summed E-state index contributed by atoms with van der Waals surface area (Å²) in [6, 6.07) is 14.1. The molecule has 0 aliphatic heterocycles. The molecule has 4 rings (SSSR count). The zero-order valence-electron chi connectivity index (χ0n) is 19.4. The lowest BCUT2D eigenvalue weighted by atomic mass is 10.1. The Bertz CT molecular complexity index is 1540. The number of methoxy groups -OCH3 is 1. The summed E-state index contributed by atoms with van der Waals surface area (Å²) in [6.07, 6.45) is 0.129. The van der Waals surface area contributed by atoms with Crippen LogP contribution in [0.15, 0.2) is 70.4 Å². The number of carboxylic acid groups (broad SMARTS) is 1. The Hall–Kier alpha value is -4.93. The number of aromatic amines is 1. The monoisotopic (exact) mass is 489 g/mol. The van der Waals surface area contributed by atoms with E-state index in [1.807, 2.05) is 12.1 Å². The molecule has 1 unspecified atom stereocenters. The zero-order chi connectivity index (χ0) is 25.8. The summed E-state index contributed by atoms with van der Waals surface area (Å²) in [5, 5.41) is 13.9. The lowest BCUT2D eigenvalue weighted by molar-refractivity contribution is 0.0951. The number of carbonyl (C=O) groups is 2. The first-order valence-electron chi connectivity index (χ1n) is 10.9. The molecule has 0 radical (unpaired) electrons. The summed E-state index contributed by atoms with van der Waals surface area (Å²) in [4.78, 5) is 56.2. The molecule has 11 heteroatoms. The van der Waals surface area contributed by atoms with Crippen molar-refractivity contribution in [2.45, 2.75) is 19.5 Å². The summed E-state index contributed by atoms with van der Waals surface area (Å²) < 4.78 is 6.16. The van der Waals surface area contributed by atoms with Gasteiger partial charge in [0.2, 0.25) is 0 Å². The van der Waals surface area contributed by atoms with Gasteiger partial charge in [-0.15, -0.1) is 0 Å². The number of benzene rings is 2. The van der Waals surface area contributed by atoms with E-state index in [4.69, 9.17) is 9.84 Å². The zero-order valence-corrected chi connectivity index (χ0v) is 19.4. The molecule has 0 aliphatic carbocycles. The molecule has 0 aliphatic rings. The second kappa shape index (κ2) is 10.1. The molecule has 4 N–H and O–H groups in total. The molecule has 36 heavy (non-hydrogen) atoms. The quantitative estimate of drug-likeness (QED) is 0.311. The maximum Gasteiger partial charge on any atom is 0.410 e. The fourth-order valence-electron chi connectivity index (χ4n) is 3.73. The minimum Gasteiger partial charge on any atom is -0.497 e. The van der Waals surface area contributed by atoms with Crippen molar-refractivity contribution in [1.29, 1.82) is 0 Å². The van der Waals surface area contributed by atoms with Gasteiger partial charge < -0.3 is 20.1 Å². The van der Waals surface area contributed by atoms with Gasteiger partial charge >= 0.3 is 11.8 Å². The van der Waals surface area contributed by atoms with Gasteiger partial charge in [0.15, 0.2) is 0 Å². The van der Waals surface area contributed by atoms with Gasteiger partial charge in [-0.05, 0) is 54.4 Å². The number of hydrogen-bond acceptors (Lipinski definition) is 6. The third-order valence-corrected chi connectivity index (χ3v) is 5.69. The Morgan fingerprint density at radius 2 is 1.86 bits per heavy atom. The summed E-state index contributed by atoms with van der Waals surface area (Å²) in [7, 11) is 1.57. The van der Waals surface area contributed by atoms with Gasteiger partial charge in [0.05, 0.1) is 24.1 Å². The van der Waals surface area contributed by atoms with Gasteiger partial charge in [-0.2, -0.15) is 0 Å². The Balaban J connectivity index is 1.60. The van der Waals surface area contributed by atoms with Crippen molar-refractivity contribution < 1.29 is 19.4 Å². The van der Waals surface area contributed by atoms with Crippen molar-refractivity contribution in [3.63, 3.8) is 0 Å². The largest absolute Gasteiger partial charge is 0.497 e. The Morgan fingerprint density at radius 3 is 2.50 bits per heavy atom. The first-order chi connectivity index (χ1) is 17.3. The molecule has 0 fully saturated rings. The second-order valence-electron chi connectivity index (χ2n) is 7.98. The molecular formula is C25H23N5O6. The van der Waals surface area contributed by atoms with Crippen molar-refractivity contribution in [2.24, 2.45) is 0 Å². The Morgan fingerprint density at radius 1 is 1.11 bits per heavy atom. The highest BCUT2D eigenvalue weighted by Crippen LogP contribution is 2.17. The molecule has 2 aromatic carbocycles. The SMILES string of the molecule is COc1ccc(CNC(=O)c2ccc3[nH]c(=O)n(C(C)c4ccc(NC(=O)O)nc4)c(=O)c3c2)cc1. The number of amides is 2. The van der Waals surface area contributed by atoms with Crippen LogP contribution in [0.25, 0.3) is 10.9 Å². The van der Waals surface area contributed by atoms with Crippen molar-refractivity contribution in [3.8, 4) is 5.75 Å². The molecule has 2 amide bonds. The number of hydrogen-bond donors (Lipinski definition) is 4. The van der Waals surface area contributed by atoms with E-state index < -0.39 is 23.4 Å². The van der Waals surface area contributed by atoms with E-state index in [1.165, 1.54) is 30.5 Å². The van der Waals surface area contributed by atoms with Crippen LogP contribution in [0.3, 0.4) is 0 Å². The van der Waals surface area contributed by atoms with Gasteiger partial charge in [-0.25, -0.2) is 14.6 Å². The van der Waals surface area contributed by atoms with Crippen molar-refractivity contribution in [2.75, 3.05) is 12.4 Å². The molecule has 1 atom stereocenters. The standard InChI is InChI=1S/C25H23N5O6/c1-14(17-6-10-21(26-13-17)29-25(34)35)30-23(32)19-11-16(5-9-20(19)28-24(30)33)22(31)27-12-15-3-7-18(36-2)8-4-15/h3-11,13-14H,12H2,1-2H3,(H,26,29)(H,27,31)(H,28,33)(H,34,35). The first-order valence-corrected chi connectivity index (χ1v) is 10.9. The summed E-state index contributed by atoms with van der Waals surface area (Å²) >= 11 is 0. The summed E-state index contributed by atoms with van der Waals surface area (Å²) in [5.74, 6) is 0.454. The molecule has 2 aromatic heterocycles. The summed E-state index contributed by atoms with van der Waals surface area (Å²) in [6.45, 7) is 1.93. The number of aromatic nitrogens is 3. The van der Waals surface area contributed by atoms with Gasteiger partial charge in [0.1, 0.15) is 11.6 Å². The van der Waals surface area contributed by atoms with E-state index in [0.29, 0.717) is 16.8 Å². The van der Waals surface area contributed by atoms with Gasteiger partial charge in [0, 0.05) is 18.3 Å². The maximum absolute atomic E-state index is 13.3. The lowest BCUT2D eigenvalue weighted by Crippen LogP contribution is -2.37. The first kappa shape index (κ1) is 24.2. The molecule has 0 saturated carbocycles. The van der Waals surface area contributed by atoms with E-state index in [9.17, 15) is 19.2 Å². The van der Waals surface area contributed by atoms with Gasteiger partial charge in [-0.1, -0.05) is 18.2 Å². The van der Waals surface area contributed by atoms with Crippen LogP contribution in [0.1, 0.15) is 34.5 Å². The van der Waals surface area contributed by atoms with Crippen LogP contribution in [0, 0.1) is 0 Å². The number of ether oxygens (including phenoxy) is 1. The number of carbonyl (C=O) groups excluding carboxylic acids is 1. The number of H-pyrrole nitrogens is 1. The van der Waals surface area contributed by atoms with Crippen molar-refractivity contribution in [1.82, 2.24) is 19.9 Å². The predicted octanol–water partition coefficient (Wildman–Crippen LogP) is 2.72. The van der Waals surface area contributed by atoms with Gasteiger partial charge in [-0.3, -0.25) is 19.5 Å². The number of rotatable bonds is 7. The molecule has 184 valence electrons. The molecule has 2 heterocycles. The number of nitrogens with zero attached hydrogens (tertiary/aromatic N) is 2. The van der Waals surface area contributed by atoms with Crippen LogP contribution in [-0.4, -0.2) is 38.8 Å². The molecule has 0 bridgehead atoms.